The molecule has 92 valence electrons. The van der Waals surface area contributed by atoms with Gasteiger partial charge in [-0.15, -0.1) is 0 Å². The summed E-state index contributed by atoms with van der Waals surface area (Å²) in [7, 11) is 1.76. The molecule has 1 N–H and O–H groups in total. The Morgan fingerprint density at radius 1 is 1.00 bits per heavy atom. The third kappa shape index (κ3) is 10.2. The monoisotopic (exact) mass is 215 g/mol. The molecular weight excluding hydrogens is 186 g/mol. The summed E-state index contributed by atoms with van der Waals surface area (Å²) in [5.74, 6) is 0. The first-order chi connectivity index (χ1) is 7.20. The van der Waals surface area contributed by atoms with Gasteiger partial charge >= 0.3 is 0 Å². The minimum Gasteiger partial charge on any atom is -0.383 e. The Balaban J connectivity index is 3.28. The van der Waals surface area contributed by atoms with Gasteiger partial charge in [0, 0.05) is 19.2 Å². The Morgan fingerprint density at radius 3 is 2.27 bits per heavy atom. The fraction of sp³-hybridized carbons (Fsp3) is 1.00. The fourth-order valence-corrected chi connectivity index (χ4v) is 1.92. The molecule has 2 atom stereocenters. The van der Waals surface area contributed by atoms with E-state index in [-0.39, 0.29) is 0 Å². The molecule has 0 unspecified atom stereocenters. The summed E-state index contributed by atoms with van der Waals surface area (Å²) in [6.45, 7) is 7.51. The second-order valence-electron chi connectivity index (χ2n) is 4.63. The van der Waals surface area contributed by atoms with Gasteiger partial charge in [-0.2, -0.15) is 0 Å². The Morgan fingerprint density at radius 2 is 1.67 bits per heavy atom. The Hall–Kier alpha value is -0.0800. The van der Waals surface area contributed by atoms with E-state index in [1.807, 2.05) is 0 Å². The highest BCUT2D eigenvalue weighted by Gasteiger charge is 2.06. The fourth-order valence-electron chi connectivity index (χ4n) is 1.92. The van der Waals surface area contributed by atoms with E-state index < -0.39 is 0 Å². The molecule has 0 saturated carbocycles. The smallest absolute Gasteiger partial charge is 0.0613 e. The van der Waals surface area contributed by atoms with E-state index in [9.17, 15) is 0 Å². The molecule has 0 fully saturated rings. The highest BCUT2D eigenvalue weighted by Crippen LogP contribution is 2.07. The highest BCUT2D eigenvalue weighted by atomic mass is 16.5. The molecule has 0 spiro atoms. The molecular formula is C13H29NO. The summed E-state index contributed by atoms with van der Waals surface area (Å²) in [6.07, 6.45) is 8.15. The Labute approximate surface area is 95.8 Å². The number of nitrogens with one attached hydrogen (secondary N) is 1. The quantitative estimate of drug-likeness (QED) is 0.564. The SMILES string of the molecule is CCCCCCC[C@@H](C)N[C@H](C)COC. The van der Waals surface area contributed by atoms with Crippen molar-refractivity contribution in [2.75, 3.05) is 13.7 Å². The van der Waals surface area contributed by atoms with E-state index in [0.717, 1.165) is 6.61 Å². The van der Waals surface area contributed by atoms with E-state index in [4.69, 9.17) is 4.74 Å². The maximum absolute atomic E-state index is 5.10. The van der Waals surface area contributed by atoms with Gasteiger partial charge in [-0.1, -0.05) is 39.0 Å². The van der Waals surface area contributed by atoms with Crippen LogP contribution >= 0.6 is 0 Å². The van der Waals surface area contributed by atoms with Crippen LogP contribution in [0.2, 0.25) is 0 Å². The zero-order valence-electron chi connectivity index (χ0n) is 11.0. The van der Waals surface area contributed by atoms with Gasteiger partial charge in [0.1, 0.15) is 0 Å². The molecule has 0 aliphatic rings. The zero-order chi connectivity index (χ0) is 11.5. The number of hydrogen-bond donors (Lipinski definition) is 1. The molecule has 0 rings (SSSR count). The maximum Gasteiger partial charge on any atom is 0.0613 e. The molecule has 0 saturated heterocycles. The van der Waals surface area contributed by atoms with Crippen molar-refractivity contribution in [3.63, 3.8) is 0 Å². The average Bonchev–Trinajstić information content (AvgIpc) is 2.17. The third-order valence-corrected chi connectivity index (χ3v) is 2.73. The summed E-state index contributed by atoms with van der Waals surface area (Å²) in [6, 6.07) is 1.09. The largest absolute Gasteiger partial charge is 0.383 e. The van der Waals surface area contributed by atoms with Crippen LogP contribution < -0.4 is 5.32 Å². The predicted molar refractivity (Wildman–Crippen MR) is 67.3 cm³/mol. The zero-order valence-corrected chi connectivity index (χ0v) is 11.0. The first-order valence-electron chi connectivity index (χ1n) is 6.45. The van der Waals surface area contributed by atoms with E-state index in [2.05, 4.69) is 26.1 Å². The van der Waals surface area contributed by atoms with E-state index in [1.54, 1.807) is 7.11 Å². The standard InChI is InChI=1S/C13H29NO/c1-5-6-7-8-9-10-12(2)14-13(3)11-15-4/h12-14H,5-11H2,1-4H3/t12-,13-/m1/s1. The first kappa shape index (κ1) is 14.9. The predicted octanol–water partition coefficient (Wildman–Crippen LogP) is 3.36. The molecule has 0 heterocycles. The van der Waals surface area contributed by atoms with E-state index in [1.165, 1.54) is 38.5 Å². The summed E-state index contributed by atoms with van der Waals surface area (Å²) in [5, 5.41) is 3.55. The molecule has 0 aromatic carbocycles. The van der Waals surface area contributed by atoms with Crippen LogP contribution in [0.25, 0.3) is 0 Å². The minimum atomic E-state index is 0.473. The van der Waals surface area contributed by atoms with Crippen LogP contribution in [0.3, 0.4) is 0 Å². The van der Waals surface area contributed by atoms with Crippen molar-refractivity contribution in [1.82, 2.24) is 5.32 Å². The van der Waals surface area contributed by atoms with Crippen LogP contribution in [0.4, 0.5) is 0 Å². The molecule has 2 nitrogen and oxygen atoms in total. The second-order valence-corrected chi connectivity index (χ2v) is 4.63. The molecule has 0 bridgehead atoms. The average molecular weight is 215 g/mol. The van der Waals surface area contributed by atoms with Gasteiger partial charge in [0.2, 0.25) is 0 Å². The van der Waals surface area contributed by atoms with Crippen LogP contribution in [0.5, 0.6) is 0 Å². The number of unbranched alkanes of at least 4 members (excludes halogenated alkanes) is 4. The van der Waals surface area contributed by atoms with Crippen LogP contribution in [0.1, 0.15) is 59.3 Å². The van der Waals surface area contributed by atoms with E-state index in [0.29, 0.717) is 12.1 Å². The molecule has 15 heavy (non-hydrogen) atoms. The van der Waals surface area contributed by atoms with Gasteiger partial charge in [-0.25, -0.2) is 0 Å². The number of hydrogen-bond acceptors (Lipinski definition) is 2. The lowest BCUT2D eigenvalue weighted by Gasteiger charge is -2.19. The lowest BCUT2D eigenvalue weighted by molar-refractivity contribution is 0.166. The van der Waals surface area contributed by atoms with Crippen LogP contribution in [0.15, 0.2) is 0 Å². The van der Waals surface area contributed by atoms with Crippen molar-refractivity contribution >= 4 is 0 Å². The number of ether oxygens (including phenoxy) is 1. The minimum absolute atomic E-state index is 0.473. The van der Waals surface area contributed by atoms with Gasteiger partial charge in [0.05, 0.1) is 6.61 Å². The van der Waals surface area contributed by atoms with Gasteiger partial charge in [-0.3, -0.25) is 0 Å². The van der Waals surface area contributed by atoms with Crippen LogP contribution in [0, 0.1) is 0 Å². The van der Waals surface area contributed by atoms with Crippen molar-refractivity contribution in [1.29, 1.82) is 0 Å². The third-order valence-electron chi connectivity index (χ3n) is 2.73. The summed E-state index contributed by atoms with van der Waals surface area (Å²) >= 11 is 0. The lowest BCUT2D eigenvalue weighted by Crippen LogP contribution is -2.37. The van der Waals surface area contributed by atoms with Crippen LogP contribution in [-0.2, 0) is 4.74 Å². The molecule has 0 aliphatic carbocycles. The molecule has 0 radical (unpaired) electrons. The molecule has 0 aromatic rings. The van der Waals surface area contributed by atoms with Crippen molar-refractivity contribution in [2.24, 2.45) is 0 Å². The van der Waals surface area contributed by atoms with Gasteiger partial charge in [-0.05, 0) is 20.3 Å². The van der Waals surface area contributed by atoms with Gasteiger partial charge in [0.15, 0.2) is 0 Å². The summed E-state index contributed by atoms with van der Waals surface area (Å²) in [5.41, 5.74) is 0. The van der Waals surface area contributed by atoms with E-state index >= 15 is 0 Å². The lowest BCUT2D eigenvalue weighted by atomic mass is 10.1. The first-order valence-corrected chi connectivity index (χ1v) is 6.45. The van der Waals surface area contributed by atoms with Gasteiger partial charge < -0.3 is 10.1 Å². The second kappa shape index (κ2) is 10.4. The number of rotatable bonds is 10. The van der Waals surface area contributed by atoms with Crippen molar-refractivity contribution in [3.8, 4) is 0 Å². The Bertz CT molecular complexity index is 128. The van der Waals surface area contributed by atoms with Crippen molar-refractivity contribution in [3.05, 3.63) is 0 Å². The van der Waals surface area contributed by atoms with Crippen LogP contribution in [-0.4, -0.2) is 25.8 Å². The molecule has 0 aliphatic heterocycles. The maximum atomic E-state index is 5.10. The topological polar surface area (TPSA) is 21.3 Å². The summed E-state index contributed by atoms with van der Waals surface area (Å²) in [4.78, 5) is 0. The Kier molecular flexibility index (Phi) is 10.4. The highest BCUT2D eigenvalue weighted by molar-refractivity contribution is 4.66. The molecule has 0 aromatic heterocycles. The van der Waals surface area contributed by atoms with Crippen molar-refractivity contribution < 1.29 is 4.74 Å². The number of methoxy groups -OCH3 is 1. The summed E-state index contributed by atoms with van der Waals surface area (Å²) < 4.78 is 5.10. The normalized spacial score (nSPS) is 15.2. The molecule has 2 heteroatoms. The molecule has 0 amide bonds. The van der Waals surface area contributed by atoms with Gasteiger partial charge in [0.25, 0.3) is 0 Å². The van der Waals surface area contributed by atoms with Crippen molar-refractivity contribution in [2.45, 2.75) is 71.4 Å².